The van der Waals surface area contributed by atoms with Gasteiger partial charge in [-0.25, -0.2) is 19.9 Å². The summed E-state index contributed by atoms with van der Waals surface area (Å²) in [6, 6.07) is 0. The van der Waals surface area contributed by atoms with Gasteiger partial charge in [-0.2, -0.15) is 0 Å². The molecule has 0 aromatic carbocycles. The summed E-state index contributed by atoms with van der Waals surface area (Å²) in [7, 11) is 0. The minimum Gasteiger partial charge on any atom is -0.448 e. The van der Waals surface area contributed by atoms with E-state index in [1.165, 1.54) is 38.9 Å². The lowest BCUT2D eigenvalue weighted by atomic mass is 10.0. The van der Waals surface area contributed by atoms with E-state index in [1.54, 1.807) is 29.0 Å². The maximum absolute atomic E-state index is 5.28. The monoisotopic (exact) mass is 643 g/mol. The first-order valence-corrected chi connectivity index (χ1v) is 18.1. The van der Waals surface area contributed by atoms with Gasteiger partial charge in [0.2, 0.25) is 0 Å². The first-order chi connectivity index (χ1) is 20.5. The van der Waals surface area contributed by atoms with Crippen LogP contribution >= 0.6 is 22.7 Å². The first kappa shape index (κ1) is 39.7. The van der Waals surface area contributed by atoms with Crippen LogP contribution in [0.5, 0.6) is 0 Å². The topological polar surface area (TPSA) is 80.5 Å². The molecule has 4 heterocycles. The lowest BCUT2D eigenvalue weighted by molar-refractivity contribution is 0.476. The van der Waals surface area contributed by atoms with Gasteiger partial charge >= 0.3 is 0 Å². The molecule has 8 heteroatoms. The Bertz CT molecular complexity index is 1010. The molecule has 0 aliphatic heterocycles. The van der Waals surface area contributed by atoms with Crippen LogP contribution in [0.25, 0.3) is 0 Å². The summed E-state index contributed by atoms with van der Waals surface area (Å²) in [4.78, 5) is 23.2. The molecule has 0 spiro atoms. The van der Waals surface area contributed by atoms with Crippen LogP contribution in [0.3, 0.4) is 0 Å². The van der Waals surface area contributed by atoms with E-state index in [-0.39, 0.29) is 0 Å². The van der Waals surface area contributed by atoms with Gasteiger partial charge in [-0.1, -0.05) is 111 Å². The molecule has 0 aliphatic carbocycles. The third-order valence-electron chi connectivity index (χ3n) is 6.91. The molecule has 0 aliphatic rings. The molecule has 0 unspecified atom stereocenters. The second-order valence-corrected chi connectivity index (χ2v) is 15.5. The Labute approximate surface area is 277 Å². The first-order valence-electron chi connectivity index (χ1n) is 16.3. The standard InChI is InChI=1S/C9H16N2.C9H15NO.2C9H15NS/c4*1-6(2)8-9(7(3)4)11-5-10-8/h5-7H,1-4H3,(H,10,11);3*5-7H,1-4H3. The van der Waals surface area contributed by atoms with Crippen molar-refractivity contribution in [1.82, 2.24) is 24.9 Å². The van der Waals surface area contributed by atoms with Gasteiger partial charge in [0.05, 0.1) is 40.1 Å². The van der Waals surface area contributed by atoms with Crippen molar-refractivity contribution in [3.63, 3.8) is 0 Å². The van der Waals surface area contributed by atoms with E-state index in [0.717, 1.165) is 11.5 Å². The number of rotatable bonds is 8. The molecular weight excluding hydrogens is 583 g/mol. The minimum absolute atomic E-state index is 0.440. The number of hydrogen-bond donors (Lipinski definition) is 1. The van der Waals surface area contributed by atoms with E-state index in [4.69, 9.17) is 4.42 Å². The van der Waals surface area contributed by atoms with Gasteiger partial charge < -0.3 is 9.40 Å². The normalized spacial score (nSPS) is 11.5. The van der Waals surface area contributed by atoms with Crippen LogP contribution in [0.1, 0.15) is 202 Å². The summed E-state index contributed by atoms with van der Waals surface area (Å²) < 4.78 is 5.28. The lowest BCUT2D eigenvalue weighted by Crippen LogP contribution is -1.96. The van der Waals surface area contributed by atoms with Gasteiger partial charge in [-0.15, -0.1) is 22.7 Å². The minimum atomic E-state index is 0.440. The third kappa shape index (κ3) is 12.2. The van der Waals surface area contributed by atoms with Crippen LogP contribution in [0, 0.1) is 0 Å². The third-order valence-corrected chi connectivity index (χ3v) is 9.20. The van der Waals surface area contributed by atoms with Crippen molar-refractivity contribution < 1.29 is 4.42 Å². The molecular formula is C36H61N5OS2. The van der Waals surface area contributed by atoms with Gasteiger partial charge in [0.25, 0.3) is 0 Å². The molecule has 0 saturated heterocycles. The number of hydrogen-bond acceptors (Lipinski definition) is 7. The molecule has 248 valence electrons. The molecule has 6 nitrogen and oxygen atoms in total. The van der Waals surface area contributed by atoms with Crippen LogP contribution in [-0.4, -0.2) is 24.9 Å². The van der Waals surface area contributed by atoms with E-state index < -0.39 is 0 Å². The van der Waals surface area contributed by atoms with Crippen molar-refractivity contribution in [1.29, 1.82) is 0 Å². The van der Waals surface area contributed by atoms with Gasteiger partial charge in [-0.3, -0.25) is 0 Å². The number of oxazole rings is 1. The van der Waals surface area contributed by atoms with Gasteiger partial charge in [-0.05, 0) is 41.4 Å². The van der Waals surface area contributed by atoms with E-state index in [2.05, 4.69) is 136 Å². The highest BCUT2D eigenvalue weighted by Crippen LogP contribution is 2.29. The fourth-order valence-corrected chi connectivity index (χ4v) is 6.55. The zero-order chi connectivity index (χ0) is 33.7. The smallest absolute Gasteiger partial charge is 0.181 e. The molecule has 0 fully saturated rings. The Morgan fingerprint density at radius 2 is 0.909 bits per heavy atom. The van der Waals surface area contributed by atoms with Gasteiger partial charge in [0.15, 0.2) is 6.39 Å². The summed E-state index contributed by atoms with van der Waals surface area (Å²) in [5.41, 5.74) is 10.0. The largest absolute Gasteiger partial charge is 0.448 e. The van der Waals surface area contributed by atoms with Gasteiger partial charge in [0.1, 0.15) is 5.76 Å². The highest BCUT2D eigenvalue weighted by Gasteiger charge is 2.15. The van der Waals surface area contributed by atoms with Crippen molar-refractivity contribution in [3.05, 3.63) is 67.7 Å². The molecule has 1 N–H and O–H groups in total. The SMILES string of the molecule is CC(C)c1nc[nH]c1C(C)C.CC(C)c1ncoc1C(C)C.CC(C)c1ncsc1C(C)C.CC(C)c1ncsc1C(C)C. The maximum atomic E-state index is 5.28. The Balaban J connectivity index is 0.000000293. The summed E-state index contributed by atoms with van der Waals surface area (Å²) in [6.07, 6.45) is 3.31. The second kappa shape index (κ2) is 19.3. The van der Waals surface area contributed by atoms with Crippen LogP contribution in [-0.2, 0) is 0 Å². The van der Waals surface area contributed by atoms with Crippen molar-refractivity contribution in [2.75, 3.05) is 0 Å². The number of aromatic nitrogens is 5. The van der Waals surface area contributed by atoms with Crippen molar-refractivity contribution in [2.45, 2.75) is 158 Å². The van der Waals surface area contributed by atoms with Crippen molar-refractivity contribution in [2.24, 2.45) is 0 Å². The van der Waals surface area contributed by atoms with Crippen molar-refractivity contribution >= 4 is 22.7 Å². The Hall–Kier alpha value is -2.32. The molecule has 0 atom stereocenters. The highest BCUT2D eigenvalue weighted by atomic mass is 32.1. The van der Waals surface area contributed by atoms with E-state index >= 15 is 0 Å². The van der Waals surface area contributed by atoms with Crippen LogP contribution in [0.15, 0.2) is 28.2 Å². The maximum Gasteiger partial charge on any atom is 0.181 e. The molecule has 0 bridgehead atoms. The lowest BCUT2D eigenvalue weighted by Gasteiger charge is -2.07. The van der Waals surface area contributed by atoms with Crippen LogP contribution < -0.4 is 0 Å². The summed E-state index contributed by atoms with van der Waals surface area (Å²) in [5.74, 6) is 5.40. The highest BCUT2D eigenvalue weighted by molar-refractivity contribution is 7.10. The van der Waals surface area contributed by atoms with E-state index in [1.807, 2.05) is 11.0 Å². The molecule has 0 saturated carbocycles. The molecule has 4 aromatic rings. The second-order valence-electron chi connectivity index (χ2n) is 13.7. The Kier molecular flexibility index (Phi) is 17.4. The molecule has 4 aromatic heterocycles. The molecule has 44 heavy (non-hydrogen) atoms. The summed E-state index contributed by atoms with van der Waals surface area (Å²) >= 11 is 3.55. The molecule has 0 amide bonds. The summed E-state index contributed by atoms with van der Waals surface area (Å²) in [5, 5.41) is 0. The molecule has 4 rings (SSSR count). The fourth-order valence-electron chi connectivity index (χ4n) is 4.63. The number of nitrogens with zero attached hydrogens (tertiary/aromatic N) is 4. The van der Waals surface area contributed by atoms with Gasteiger partial charge in [0, 0.05) is 21.4 Å². The number of thiazole rings is 2. The number of imidazole rings is 1. The quantitative estimate of drug-likeness (QED) is 0.207. The average Bonchev–Trinajstić information content (AvgIpc) is 3.75. The predicted molar refractivity (Wildman–Crippen MR) is 192 cm³/mol. The number of nitrogens with one attached hydrogen (secondary N) is 1. The van der Waals surface area contributed by atoms with E-state index in [0.29, 0.717) is 47.3 Å². The zero-order valence-electron chi connectivity index (χ0n) is 30.4. The average molecular weight is 644 g/mol. The van der Waals surface area contributed by atoms with Crippen molar-refractivity contribution in [3.8, 4) is 0 Å². The fraction of sp³-hybridized carbons (Fsp3) is 0.667. The van der Waals surface area contributed by atoms with Crippen LogP contribution in [0.2, 0.25) is 0 Å². The summed E-state index contributed by atoms with van der Waals surface area (Å²) in [6.45, 7) is 34.9. The van der Waals surface area contributed by atoms with Crippen LogP contribution in [0.4, 0.5) is 0 Å². The Morgan fingerprint density at radius 1 is 0.477 bits per heavy atom. The molecule has 0 radical (unpaired) electrons. The number of aromatic amines is 1. The zero-order valence-corrected chi connectivity index (χ0v) is 32.1. The number of H-pyrrole nitrogens is 1. The van der Waals surface area contributed by atoms with E-state index in [9.17, 15) is 0 Å². The predicted octanol–water partition coefficient (Wildman–Crippen LogP) is 12.4. The Morgan fingerprint density at radius 3 is 1.18 bits per heavy atom.